The molecule has 1 amide bonds. The van der Waals surface area contributed by atoms with Crippen LogP contribution in [-0.2, 0) is 11.2 Å². The molecule has 6 heteroatoms. The summed E-state index contributed by atoms with van der Waals surface area (Å²) >= 11 is 0. The van der Waals surface area contributed by atoms with E-state index in [1.165, 1.54) is 5.56 Å². The summed E-state index contributed by atoms with van der Waals surface area (Å²) in [4.78, 5) is 18.7. The molecule has 1 aromatic carbocycles. The molecule has 2 rings (SSSR count). The van der Waals surface area contributed by atoms with Crippen molar-refractivity contribution in [1.29, 1.82) is 0 Å². The lowest BCUT2D eigenvalue weighted by Crippen LogP contribution is -2.46. The van der Waals surface area contributed by atoms with Gasteiger partial charge in [-0.2, -0.15) is 0 Å². The lowest BCUT2D eigenvalue weighted by Gasteiger charge is -2.34. The zero-order valence-electron chi connectivity index (χ0n) is 16.3. The molecule has 1 aliphatic rings. The molecule has 0 atom stereocenters. The topological polar surface area (TPSA) is 66.0 Å². The number of guanidine groups is 1. The summed E-state index contributed by atoms with van der Waals surface area (Å²) in [5, 5.41) is 6.12. The number of para-hydroxylation sites is 1. The number of carbonyl (C=O) groups is 1. The number of hydrogen-bond acceptors (Lipinski definition) is 3. The first-order chi connectivity index (χ1) is 12.7. The van der Waals surface area contributed by atoms with E-state index in [0.717, 1.165) is 57.2 Å². The highest BCUT2D eigenvalue weighted by atomic mass is 16.5. The van der Waals surface area contributed by atoms with Crippen LogP contribution in [-0.4, -0.2) is 57.1 Å². The number of piperidine rings is 1. The largest absolute Gasteiger partial charge is 0.496 e. The Labute approximate surface area is 157 Å². The number of hydrogen-bond donors (Lipinski definition) is 2. The number of methoxy groups -OCH3 is 1. The van der Waals surface area contributed by atoms with E-state index < -0.39 is 0 Å². The van der Waals surface area contributed by atoms with Crippen molar-refractivity contribution >= 4 is 11.9 Å². The van der Waals surface area contributed by atoms with Gasteiger partial charge in [-0.15, -0.1) is 0 Å². The van der Waals surface area contributed by atoms with Gasteiger partial charge >= 0.3 is 0 Å². The minimum Gasteiger partial charge on any atom is -0.496 e. The summed E-state index contributed by atoms with van der Waals surface area (Å²) in [5.41, 5.74) is 1.18. The van der Waals surface area contributed by atoms with Gasteiger partial charge in [0.15, 0.2) is 5.96 Å². The quantitative estimate of drug-likeness (QED) is 0.577. The van der Waals surface area contributed by atoms with Gasteiger partial charge in [0.1, 0.15) is 5.75 Å². The van der Waals surface area contributed by atoms with Crippen molar-refractivity contribution in [1.82, 2.24) is 15.5 Å². The number of carbonyl (C=O) groups excluding carboxylic acids is 1. The van der Waals surface area contributed by atoms with Gasteiger partial charge in [-0.1, -0.05) is 18.2 Å². The standard InChI is InChI=1S/C20H32N4O2/c1-4-22-20(23-12-9-17-7-5-6-8-18(17)26-3)24-13-10-16(11-14-24)15-19(25)21-2/h5-8,16H,4,9-15H2,1-3H3,(H,21,25)(H,22,23). The van der Waals surface area contributed by atoms with Gasteiger partial charge in [0.05, 0.1) is 7.11 Å². The molecule has 0 radical (unpaired) electrons. The van der Waals surface area contributed by atoms with Crippen molar-refractivity contribution in [3.63, 3.8) is 0 Å². The Balaban J connectivity index is 1.89. The number of nitrogens with one attached hydrogen (secondary N) is 2. The van der Waals surface area contributed by atoms with Crippen molar-refractivity contribution in [2.24, 2.45) is 10.9 Å². The molecule has 1 aliphatic heterocycles. The predicted molar refractivity (Wildman–Crippen MR) is 106 cm³/mol. The van der Waals surface area contributed by atoms with E-state index in [1.807, 2.05) is 18.2 Å². The Hall–Kier alpha value is -2.24. The summed E-state index contributed by atoms with van der Waals surface area (Å²) in [7, 11) is 3.41. The molecule has 6 nitrogen and oxygen atoms in total. The number of benzene rings is 1. The Kier molecular flexibility index (Phi) is 8.25. The maximum absolute atomic E-state index is 11.6. The Bertz CT molecular complexity index is 595. The van der Waals surface area contributed by atoms with Crippen molar-refractivity contribution < 1.29 is 9.53 Å². The molecule has 0 bridgehead atoms. The Morgan fingerprint density at radius 1 is 1.31 bits per heavy atom. The van der Waals surface area contributed by atoms with Crippen molar-refractivity contribution in [3.05, 3.63) is 29.8 Å². The molecule has 1 saturated heterocycles. The second-order valence-corrected chi connectivity index (χ2v) is 6.61. The van der Waals surface area contributed by atoms with Crippen LogP contribution in [0.3, 0.4) is 0 Å². The first-order valence-electron chi connectivity index (χ1n) is 9.53. The molecule has 2 N–H and O–H groups in total. The van der Waals surface area contributed by atoms with Crippen LogP contribution in [0.1, 0.15) is 31.7 Å². The third-order valence-electron chi connectivity index (χ3n) is 4.84. The second kappa shape index (κ2) is 10.7. The monoisotopic (exact) mass is 360 g/mol. The molecule has 0 aromatic heterocycles. The van der Waals surface area contributed by atoms with E-state index in [4.69, 9.17) is 9.73 Å². The minimum atomic E-state index is 0.140. The first-order valence-corrected chi connectivity index (χ1v) is 9.53. The lowest BCUT2D eigenvalue weighted by molar-refractivity contribution is -0.121. The molecule has 144 valence electrons. The fourth-order valence-electron chi connectivity index (χ4n) is 3.33. The van der Waals surface area contributed by atoms with E-state index in [0.29, 0.717) is 12.3 Å². The van der Waals surface area contributed by atoms with Crippen LogP contribution in [0.25, 0.3) is 0 Å². The second-order valence-electron chi connectivity index (χ2n) is 6.61. The number of nitrogens with zero attached hydrogens (tertiary/aromatic N) is 2. The van der Waals surface area contributed by atoms with E-state index in [1.54, 1.807) is 14.2 Å². The van der Waals surface area contributed by atoms with Gasteiger partial charge in [-0.05, 0) is 43.7 Å². The van der Waals surface area contributed by atoms with Gasteiger partial charge in [-0.25, -0.2) is 0 Å². The zero-order chi connectivity index (χ0) is 18.8. The summed E-state index contributed by atoms with van der Waals surface area (Å²) in [6.45, 7) is 5.56. The maximum Gasteiger partial charge on any atom is 0.220 e. The molecule has 1 aromatic rings. The van der Waals surface area contributed by atoms with E-state index in [9.17, 15) is 4.79 Å². The summed E-state index contributed by atoms with van der Waals surface area (Å²) in [6.07, 6.45) is 3.55. The molecular formula is C20H32N4O2. The normalized spacial score (nSPS) is 15.7. The maximum atomic E-state index is 11.6. The summed E-state index contributed by atoms with van der Waals surface area (Å²) in [6, 6.07) is 8.09. The third kappa shape index (κ3) is 5.93. The van der Waals surface area contributed by atoms with E-state index in [2.05, 4.69) is 28.5 Å². The average molecular weight is 361 g/mol. The van der Waals surface area contributed by atoms with Gasteiger partial charge in [-0.3, -0.25) is 9.79 Å². The number of rotatable bonds is 7. The van der Waals surface area contributed by atoms with Crippen LogP contribution in [0.5, 0.6) is 5.75 Å². The van der Waals surface area contributed by atoms with Crippen molar-refractivity contribution in [2.45, 2.75) is 32.6 Å². The SMILES string of the molecule is CCNC(=NCCc1ccccc1OC)N1CCC(CC(=O)NC)CC1. The number of aliphatic imine (C=N–C) groups is 1. The fraction of sp³-hybridized carbons (Fsp3) is 0.600. The summed E-state index contributed by atoms with van der Waals surface area (Å²) < 4.78 is 5.41. The highest BCUT2D eigenvalue weighted by Gasteiger charge is 2.23. The van der Waals surface area contributed by atoms with Crippen molar-refractivity contribution in [2.75, 3.05) is 40.3 Å². The highest BCUT2D eigenvalue weighted by molar-refractivity contribution is 5.80. The molecular weight excluding hydrogens is 328 g/mol. The first kappa shape index (κ1) is 20.1. The molecule has 0 unspecified atom stereocenters. The van der Waals surface area contributed by atoms with E-state index >= 15 is 0 Å². The molecule has 1 fully saturated rings. The number of amides is 1. The Morgan fingerprint density at radius 2 is 2.04 bits per heavy atom. The van der Waals surface area contributed by atoms with Crippen LogP contribution < -0.4 is 15.4 Å². The molecule has 0 spiro atoms. The molecule has 0 saturated carbocycles. The zero-order valence-corrected chi connectivity index (χ0v) is 16.3. The van der Waals surface area contributed by atoms with Gasteiger partial charge in [0.2, 0.25) is 5.91 Å². The van der Waals surface area contributed by atoms with E-state index in [-0.39, 0.29) is 5.91 Å². The average Bonchev–Trinajstić information content (AvgIpc) is 2.68. The fourth-order valence-corrected chi connectivity index (χ4v) is 3.33. The van der Waals surface area contributed by atoms with Crippen LogP contribution in [0.4, 0.5) is 0 Å². The minimum absolute atomic E-state index is 0.140. The predicted octanol–water partition coefficient (Wildman–Crippen LogP) is 2.05. The molecule has 0 aliphatic carbocycles. The smallest absolute Gasteiger partial charge is 0.220 e. The van der Waals surface area contributed by atoms with Gasteiger partial charge in [0, 0.05) is 39.6 Å². The summed E-state index contributed by atoms with van der Waals surface area (Å²) in [5.74, 6) is 2.51. The Morgan fingerprint density at radius 3 is 2.69 bits per heavy atom. The van der Waals surface area contributed by atoms with Crippen molar-refractivity contribution in [3.8, 4) is 5.75 Å². The van der Waals surface area contributed by atoms with Crippen LogP contribution >= 0.6 is 0 Å². The molecule has 26 heavy (non-hydrogen) atoms. The van der Waals surface area contributed by atoms with Crippen LogP contribution in [0.2, 0.25) is 0 Å². The van der Waals surface area contributed by atoms with Gasteiger partial charge in [0.25, 0.3) is 0 Å². The number of likely N-dealkylation sites (tertiary alicyclic amines) is 1. The highest BCUT2D eigenvalue weighted by Crippen LogP contribution is 2.21. The van der Waals surface area contributed by atoms with Crippen LogP contribution in [0.15, 0.2) is 29.3 Å². The molecule has 1 heterocycles. The van der Waals surface area contributed by atoms with Crippen LogP contribution in [0, 0.1) is 5.92 Å². The third-order valence-corrected chi connectivity index (χ3v) is 4.84. The lowest BCUT2D eigenvalue weighted by atomic mass is 9.93. The van der Waals surface area contributed by atoms with Gasteiger partial charge < -0.3 is 20.3 Å². The number of ether oxygens (including phenoxy) is 1.